The third-order valence-corrected chi connectivity index (χ3v) is 3.06. The summed E-state index contributed by atoms with van der Waals surface area (Å²) in [6.45, 7) is 2.54. The van der Waals surface area contributed by atoms with E-state index < -0.39 is 0 Å². The highest BCUT2D eigenvalue weighted by molar-refractivity contribution is 5.45. The Kier molecular flexibility index (Phi) is 3.33. The van der Waals surface area contributed by atoms with Crippen LogP contribution in [0.3, 0.4) is 0 Å². The highest BCUT2D eigenvalue weighted by Crippen LogP contribution is 2.16. The maximum atomic E-state index is 13.0. The van der Waals surface area contributed by atoms with Crippen LogP contribution < -0.4 is 5.32 Å². The predicted octanol–water partition coefficient (Wildman–Crippen LogP) is 2.96. The molecule has 0 atom stereocenters. The van der Waals surface area contributed by atoms with Gasteiger partial charge in [-0.25, -0.2) is 4.39 Å². The van der Waals surface area contributed by atoms with E-state index in [0.29, 0.717) is 12.2 Å². The molecule has 0 saturated carbocycles. The lowest BCUT2D eigenvalue weighted by Gasteiger charge is -2.06. The van der Waals surface area contributed by atoms with Crippen LogP contribution in [0, 0.1) is 24.1 Å². The number of anilines is 1. The van der Waals surface area contributed by atoms with Gasteiger partial charge in [0.2, 0.25) is 0 Å². The van der Waals surface area contributed by atoms with Gasteiger partial charge in [-0.15, -0.1) is 0 Å². The molecule has 92 valence electrons. The summed E-state index contributed by atoms with van der Waals surface area (Å²) in [5, 5.41) is 12.1. The van der Waals surface area contributed by atoms with Crippen molar-refractivity contribution < 1.29 is 4.39 Å². The van der Waals surface area contributed by atoms with Gasteiger partial charge in [0.15, 0.2) is 0 Å². The average Bonchev–Trinajstić information content (AvgIpc) is 2.64. The molecule has 0 amide bonds. The van der Waals surface area contributed by atoms with E-state index >= 15 is 0 Å². The zero-order valence-corrected chi connectivity index (χ0v) is 10.4. The largest absolute Gasteiger partial charge is 0.381 e. The fraction of sp³-hybridized carbons (Fsp3) is 0.214. The average molecular weight is 243 g/mol. The summed E-state index contributed by atoms with van der Waals surface area (Å²) in [6, 6.07) is 10.3. The molecule has 0 aliphatic heterocycles. The minimum Gasteiger partial charge on any atom is -0.381 e. The lowest BCUT2D eigenvalue weighted by Crippen LogP contribution is -2.01. The monoisotopic (exact) mass is 243 g/mol. The maximum absolute atomic E-state index is 13.0. The van der Waals surface area contributed by atoms with E-state index in [1.807, 2.05) is 30.7 Å². The highest BCUT2D eigenvalue weighted by Gasteiger charge is 2.08. The Labute approximate surface area is 105 Å². The Bertz CT molecular complexity index is 608. The minimum atomic E-state index is -0.262. The van der Waals surface area contributed by atoms with Crippen LogP contribution in [0.15, 0.2) is 30.3 Å². The second-order valence-corrected chi connectivity index (χ2v) is 4.17. The van der Waals surface area contributed by atoms with Gasteiger partial charge in [0.25, 0.3) is 0 Å². The number of nitrogens with one attached hydrogen (secondary N) is 1. The zero-order valence-electron chi connectivity index (χ0n) is 10.4. The molecule has 1 N–H and O–H groups in total. The van der Waals surface area contributed by atoms with Gasteiger partial charge in [0.05, 0.1) is 0 Å². The number of aromatic nitrogens is 1. The summed E-state index contributed by atoms with van der Waals surface area (Å²) < 4.78 is 14.9. The van der Waals surface area contributed by atoms with Crippen molar-refractivity contribution in [1.82, 2.24) is 4.57 Å². The molecule has 0 unspecified atom stereocenters. The standard InChI is InChI=1S/C14H14FN3/c1-10-11(6-14(8-16)18(10)2)9-17-13-5-3-4-12(15)7-13/h3-7,17H,9H2,1-2H3. The van der Waals surface area contributed by atoms with Crippen molar-refractivity contribution in [3.63, 3.8) is 0 Å². The molecule has 2 aromatic rings. The summed E-state index contributed by atoms with van der Waals surface area (Å²) in [6.07, 6.45) is 0. The number of nitriles is 1. The predicted molar refractivity (Wildman–Crippen MR) is 68.6 cm³/mol. The fourth-order valence-corrected chi connectivity index (χ4v) is 1.84. The van der Waals surface area contributed by atoms with Crippen LogP contribution in [-0.4, -0.2) is 4.57 Å². The Morgan fingerprint density at radius 2 is 2.17 bits per heavy atom. The van der Waals surface area contributed by atoms with Crippen LogP contribution >= 0.6 is 0 Å². The summed E-state index contributed by atoms with van der Waals surface area (Å²) >= 11 is 0. The Morgan fingerprint density at radius 1 is 1.39 bits per heavy atom. The molecule has 0 radical (unpaired) electrons. The molecule has 2 rings (SSSR count). The molecule has 1 heterocycles. The summed E-state index contributed by atoms with van der Waals surface area (Å²) in [7, 11) is 1.86. The van der Waals surface area contributed by atoms with E-state index in [2.05, 4.69) is 11.4 Å². The molecule has 0 aliphatic rings. The second-order valence-electron chi connectivity index (χ2n) is 4.17. The van der Waals surface area contributed by atoms with Crippen LogP contribution in [0.5, 0.6) is 0 Å². The summed E-state index contributed by atoms with van der Waals surface area (Å²) in [4.78, 5) is 0. The first-order valence-electron chi connectivity index (χ1n) is 5.66. The Morgan fingerprint density at radius 3 is 2.78 bits per heavy atom. The summed E-state index contributed by atoms with van der Waals surface area (Å²) in [5.41, 5.74) is 3.44. The second kappa shape index (κ2) is 4.92. The number of benzene rings is 1. The van der Waals surface area contributed by atoms with Gasteiger partial charge in [-0.3, -0.25) is 0 Å². The van der Waals surface area contributed by atoms with Crippen molar-refractivity contribution >= 4 is 5.69 Å². The number of hydrogen-bond donors (Lipinski definition) is 1. The van der Waals surface area contributed by atoms with Crippen LogP contribution in [-0.2, 0) is 13.6 Å². The SMILES string of the molecule is Cc1c(CNc2cccc(F)c2)cc(C#N)n1C. The third-order valence-electron chi connectivity index (χ3n) is 3.06. The molecule has 4 heteroatoms. The Hall–Kier alpha value is -2.28. The number of rotatable bonds is 3. The van der Waals surface area contributed by atoms with Crippen LogP contribution in [0.1, 0.15) is 17.0 Å². The van der Waals surface area contributed by atoms with Gasteiger partial charge in [0, 0.05) is 25.0 Å². The van der Waals surface area contributed by atoms with Gasteiger partial charge in [0.1, 0.15) is 17.6 Å². The van der Waals surface area contributed by atoms with E-state index in [-0.39, 0.29) is 5.82 Å². The van der Waals surface area contributed by atoms with Gasteiger partial charge in [-0.05, 0) is 36.8 Å². The van der Waals surface area contributed by atoms with Crippen molar-refractivity contribution in [2.24, 2.45) is 7.05 Å². The number of halogens is 1. The molecule has 1 aromatic carbocycles. The van der Waals surface area contributed by atoms with Crippen molar-refractivity contribution in [2.45, 2.75) is 13.5 Å². The normalized spacial score (nSPS) is 10.1. The maximum Gasteiger partial charge on any atom is 0.125 e. The fourth-order valence-electron chi connectivity index (χ4n) is 1.84. The molecule has 3 nitrogen and oxygen atoms in total. The van der Waals surface area contributed by atoms with Gasteiger partial charge < -0.3 is 9.88 Å². The first kappa shape index (κ1) is 12.2. The third kappa shape index (κ3) is 2.35. The van der Waals surface area contributed by atoms with E-state index in [9.17, 15) is 4.39 Å². The number of nitrogens with zero attached hydrogens (tertiary/aromatic N) is 2. The van der Waals surface area contributed by atoms with Gasteiger partial charge >= 0.3 is 0 Å². The van der Waals surface area contributed by atoms with Gasteiger partial charge in [-0.2, -0.15) is 5.26 Å². The molecule has 0 fully saturated rings. The molecule has 1 aromatic heterocycles. The lowest BCUT2D eigenvalue weighted by atomic mass is 10.2. The molecule has 0 bridgehead atoms. The van der Waals surface area contributed by atoms with E-state index in [1.165, 1.54) is 12.1 Å². The number of hydrogen-bond acceptors (Lipinski definition) is 2. The first-order valence-corrected chi connectivity index (χ1v) is 5.66. The lowest BCUT2D eigenvalue weighted by molar-refractivity contribution is 0.628. The van der Waals surface area contributed by atoms with Gasteiger partial charge in [-0.1, -0.05) is 6.07 Å². The van der Waals surface area contributed by atoms with Crippen molar-refractivity contribution in [2.75, 3.05) is 5.32 Å². The molecule has 0 saturated heterocycles. The van der Waals surface area contributed by atoms with Crippen LogP contribution in [0.25, 0.3) is 0 Å². The molecular formula is C14H14FN3. The van der Waals surface area contributed by atoms with E-state index in [0.717, 1.165) is 16.9 Å². The van der Waals surface area contributed by atoms with Crippen LogP contribution in [0.2, 0.25) is 0 Å². The molecule has 0 aliphatic carbocycles. The quantitative estimate of drug-likeness (QED) is 0.900. The van der Waals surface area contributed by atoms with E-state index in [4.69, 9.17) is 5.26 Å². The van der Waals surface area contributed by atoms with Crippen molar-refractivity contribution in [1.29, 1.82) is 5.26 Å². The van der Waals surface area contributed by atoms with Crippen LogP contribution in [0.4, 0.5) is 10.1 Å². The summed E-state index contributed by atoms with van der Waals surface area (Å²) in [5.74, 6) is -0.262. The van der Waals surface area contributed by atoms with E-state index in [1.54, 1.807) is 6.07 Å². The topological polar surface area (TPSA) is 40.8 Å². The Balaban J connectivity index is 2.14. The molecule has 0 spiro atoms. The smallest absolute Gasteiger partial charge is 0.125 e. The minimum absolute atomic E-state index is 0.262. The molecular weight excluding hydrogens is 229 g/mol. The highest BCUT2D eigenvalue weighted by atomic mass is 19.1. The first-order chi connectivity index (χ1) is 8.61. The van der Waals surface area contributed by atoms with Crippen molar-refractivity contribution in [3.05, 3.63) is 53.1 Å². The molecule has 18 heavy (non-hydrogen) atoms. The zero-order chi connectivity index (χ0) is 13.1. The van der Waals surface area contributed by atoms with Crippen molar-refractivity contribution in [3.8, 4) is 6.07 Å².